The van der Waals surface area contributed by atoms with Gasteiger partial charge in [0, 0.05) is 0 Å². The molecule has 0 amide bonds. The summed E-state index contributed by atoms with van der Waals surface area (Å²) in [5, 5.41) is 0. The van der Waals surface area contributed by atoms with Crippen molar-refractivity contribution in [3.8, 4) is 69.0 Å². The molecule has 0 bridgehead atoms. The average molecular weight is 1840 g/mol. The van der Waals surface area contributed by atoms with Crippen LogP contribution in [0, 0.1) is 0 Å². The molecular weight excluding hydrogens is 1740 g/mol. The third kappa shape index (κ3) is 26.1. The summed E-state index contributed by atoms with van der Waals surface area (Å²) in [5.74, 6) is -3.44. The molecule has 0 aromatic heterocycles. The molecule has 1 heterocycles. The van der Waals surface area contributed by atoms with Gasteiger partial charge in [0.15, 0.2) is 58.2 Å². The van der Waals surface area contributed by atoms with Gasteiger partial charge in [-0.05, 0) is 115 Å². The van der Waals surface area contributed by atoms with E-state index >= 15 is 19.2 Å². The molecule has 0 saturated carbocycles. The van der Waals surface area contributed by atoms with Crippen LogP contribution in [-0.4, -0.2) is 55.1 Å². The van der Waals surface area contributed by atoms with Crippen molar-refractivity contribution in [2.24, 2.45) is 0 Å². The Hall–Kier alpha value is -17.0. The minimum Gasteiger partial charge on any atom is -0.485 e. The lowest BCUT2D eigenvalue weighted by Crippen LogP contribution is -2.58. The van der Waals surface area contributed by atoms with Crippen LogP contribution in [0.1, 0.15) is 108 Å². The maximum Gasteiger partial charge on any atom is 0.340 e. The van der Waals surface area contributed by atoms with Gasteiger partial charge in [-0.2, -0.15) is 0 Å². The van der Waals surface area contributed by atoms with E-state index in [0.717, 1.165) is 66.8 Å². The van der Waals surface area contributed by atoms with Gasteiger partial charge in [-0.15, -0.1) is 0 Å². The Morgan fingerprint density at radius 1 is 0.188 bits per heavy atom. The van der Waals surface area contributed by atoms with Crippen LogP contribution in [0.3, 0.4) is 0 Å². The summed E-state index contributed by atoms with van der Waals surface area (Å²) in [6.45, 7) is -0.701. The smallest absolute Gasteiger partial charge is 0.340 e. The van der Waals surface area contributed by atoms with Gasteiger partial charge >= 0.3 is 23.9 Å². The first-order valence-corrected chi connectivity index (χ1v) is 45.2. The highest BCUT2D eigenvalue weighted by atomic mass is 16.7. The zero-order valence-electron chi connectivity index (χ0n) is 75.3. The Balaban J connectivity index is 0.827. The molecular formula is C117H98O21. The van der Waals surface area contributed by atoms with Gasteiger partial charge in [0.05, 0.1) is 28.9 Å². The van der Waals surface area contributed by atoms with Crippen molar-refractivity contribution < 1.29 is 99.7 Å². The van der Waals surface area contributed by atoms with E-state index in [-0.39, 0.29) is 171 Å². The first-order chi connectivity index (χ1) is 68.0. The topological polar surface area (TPSA) is 225 Å². The Kier molecular flexibility index (Phi) is 32.0. The zero-order valence-corrected chi connectivity index (χ0v) is 75.3. The number of esters is 4. The summed E-state index contributed by atoms with van der Waals surface area (Å²) in [4.78, 5) is 65.6. The average Bonchev–Trinajstić information content (AvgIpc) is 0.775. The molecule has 138 heavy (non-hydrogen) atoms. The molecule has 17 rings (SSSR count). The molecule has 21 heteroatoms. The maximum atomic E-state index is 16.6. The van der Waals surface area contributed by atoms with Gasteiger partial charge in [0.25, 0.3) is 0 Å². The Morgan fingerprint density at radius 2 is 0.341 bits per heavy atom. The third-order valence-electron chi connectivity index (χ3n) is 22.2. The van der Waals surface area contributed by atoms with Crippen molar-refractivity contribution in [3.05, 3.63) is 502 Å². The molecule has 1 aliphatic rings. The van der Waals surface area contributed by atoms with Gasteiger partial charge in [-0.3, -0.25) is 0 Å². The fourth-order valence-corrected chi connectivity index (χ4v) is 15.0. The largest absolute Gasteiger partial charge is 0.485 e. The lowest BCUT2D eigenvalue weighted by atomic mass is 10.0. The van der Waals surface area contributed by atoms with Crippen molar-refractivity contribution in [2.45, 2.75) is 104 Å². The Labute approximate surface area is 800 Å². The Bertz CT molecular complexity index is 5940. The van der Waals surface area contributed by atoms with Crippen molar-refractivity contribution in [1.29, 1.82) is 0 Å². The van der Waals surface area contributed by atoms with Gasteiger partial charge in [-0.1, -0.05) is 364 Å². The molecule has 692 valence electrons. The van der Waals surface area contributed by atoms with Crippen LogP contribution in [0.25, 0.3) is 0 Å². The van der Waals surface area contributed by atoms with Crippen molar-refractivity contribution in [2.75, 3.05) is 6.61 Å². The molecule has 0 N–H and O–H groups in total. The quantitative estimate of drug-likeness (QED) is 0.0255. The third-order valence-corrected chi connectivity index (χ3v) is 22.2. The summed E-state index contributed by atoms with van der Waals surface area (Å²) >= 11 is 0. The van der Waals surface area contributed by atoms with E-state index in [2.05, 4.69) is 0 Å². The molecule has 16 aromatic rings. The predicted molar refractivity (Wildman–Crippen MR) is 518 cm³/mol. The van der Waals surface area contributed by atoms with E-state index in [1.807, 2.05) is 364 Å². The second kappa shape index (κ2) is 47.5. The summed E-state index contributed by atoms with van der Waals surface area (Å²) < 4.78 is 115. The maximum absolute atomic E-state index is 16.6. The number of benzene rings is 16. The first kappa shape index (κ1) is 92.8. The molecule has 0 radical (unpaired) electrons. The molecule has 1 aliphatic heterocycles. The minimum atomic E-state index is -2.15. The highest BCUT2D eigenvalue weighted by Gasteiger charge is 2.51. The molecule has 0 aliphatic carbocycles. The second-order valence-electron chi connectivity index (χ2n) is 32.3. The number of carbonyl (C=O) groups excluding carboxylic acids is 4. The molecule has 0 unspecified atom stereocenters. The van der Waals surface area contributed by atoms with Gasteiger partial charge in [-0.25, -0.2) is 19.2 Å². The zero-order chi connectivity index (χ0) is 94.1. The van der Waals surface area contributed by atoms with Gasteiger partial charge in [0.1, 0.15) is 79.3 Å². The van der Waals surface area contributed by atoms with E-state index in [4.69, 9.17) is 80.5 Å². The van der Waals surface area contributed by atoms with Gasteiger partial charge in [0.2, 0.25) is 35.4 Å². The first-order valence-electron chi connectivity index (χ1n) is 45.2. The molecule has 16 aromatic carbocycles. The van der Waals surface area contributed by atoms with E-state index in [0.29, 0.717) is 0 Å². The second-order valence-corrected chi connectivity index (χ2v) is 32.3. The van der Waals surface area contributed by atoms with E-state index in [1.54, 1.807) is 0 Å². The standard InChI is InChI=1S/C117H98O21/c118-113(94-61-98(122-69-82-37-13-1-14-38-82)107(130-77-90-53-29-9-30-54-90)99(62-94)123-70-83-39-15-2-16-40-83)135-106-81-134-117(138-116(121)97-67-104(128-75-88-49-25-7-26-50-88)110(133-80-93-59-35-12-36-60-93)105(68-97)129-76-89-51-27-8-28-52-89)112(137-115(120)96-65-102(126-73-86-45-21-5-22-46-86)109(132-79-92-57-33-11-34-58-92)103(66-96)127-74-87-47-23-6-24-48-87)111(106)136-114(119)95-63-100(124-71-84-41-17-3-18-42-84)108(131-78-91-55-31-10-32-56-91)101(64-95)125-72-85-43-19-4-20-44-85/h1-68,106,111-112,117H,69-81H2/t106-,111+,112+,117-/m1/s1. The van der Waals surface area contributed by atoms with Gasteiger partial charge < -0.3 is 80.5 Å². The number of rotatable bonds is 44. The fraction of sp³-hybridized carbons (Fsp3) is 0.145. The van der Waals surface area contributed by atoms with Crippen LogP contribution < -0.4 is 56.8 Å². The van der Waals surface area contributed by atoms with Crippen molar-refractivity contribution >= 4 is 23.9 Å². The normalized spacial score (nSPS) is 13.6. The monoisotopic (exact) mass is 1840 g/mol. The SMILES string of the molecule is O=C(O[C@H]1OC[C@@H](OC(=O)c2cc(OCc3ccccc3)c(OCc3ccccc3)c(OCc3ccccc3)c2)[C@H](OC(=O)c2cc(OCc3ccccc3)c(OCc3ccccc3)c(OCc3ccccc3)c2)[C@@H]1OC(=O)c1cc(OCc2ccccc2)c(OCc2ccccc2)c(OCc2ccccc2)c1)c1cc(OCc2ccccc2)c(OCc2ccccc2)c(OCc2ccccc2)c1. The highest BCUT2D eigenvalue weighted by Crippen LogP contribution is 2.47. The highest BCUT2D eigenvalue weighted by molar-refractivity contribution is 5.94. The summed E-state index contributed by atoms with van der Waals surface area (Å²) in [7, 11) is 0. The van der Waals surface area contributed by atoms with Crippen LogP contribution in [0.4, 0.5) is 0 Å². The number of hydrogen-bond acceptors (Lipinski definition) is 21. The van der Waals surface area contributed by atoms with Crippen LogP contribution in [0.15, 0.2) is 413 Å². The van der Waals surface area contributed by atoms with E-state index in [1.165, 1.54) is 48.5 Å². The van der Waals surface area contributed by atoms with Crippen LogP contribution in [0.2, 0.25) is 0 Å². The van der Waals surface area contributed by atoms with Crippen LogP contribution in [-0.2, 0) is 103 Å². The lowest BCUT2D eigenvalue weighted by Gasteiger charge is -2.40. The van der Waals surface area contributed by atoms with Crippen LogP contribution in [0.5, 0.6) is 69.0 Å². The number of carbonyl (C=O) groups is 4. The van der Waals surface area contributed by atoms with Crippen molar-refractivity contribution in [3.63, 3.8) is 0 Å². The fourth-order valence-electron chi connectivity index (χ4n) is 15.0. The van der Waals surface area contributed by atoms with Crippen molar-refractivity contribution in [1.82, 2.24) is 0 Å². The molecule has 21 nitrogen and oxygen atoms in total. The minimum absolute atomic E-state index is 0.0000821. The molecule has 1 saturated heterocycles. The predicted octanol–water partition coefficient (Wildman–Crippen LogP) is 23.8. The number of hydrogen-bond donors (Lipinski definition) is 0. The lowest BCUT2D eigenvalue weighted by molar-refractivity contribution is -0.250. The summed E-state index contributed by atoms with van der Waals surface area (Å²) in [6.07, 6.45) is -8.11. The molecule has 4 atom stereocenters. The molecule has 0 spiro atoms. The number of ether oxygens (including phenoxy) is 17. The van der Waals surface area contributed by atoms with E-state index < -0.39 is 55.1 Å². The van der Waals surface area contributed by atoms with Crippen LogP contribution >= 0.6 is 0 Å². The Morgan fingerprint density at radius 3 is 0.522 bits per heavy atom. The summed E-state index contributed by atoms with van der Waals surface area (Å²) in [6, 6.07) is 125. The van der Waals surface area contributed by atoms with E-state index in [9.17, 15) is 0 Å². The summed E-state index contributed by atoms with van der Waals surface area (Å²) in [5.41, 5.74) is 8.64. The molecule has 1 fully saturated rings.